The monoisotopic (exact) mass is 210 g/mol. The van der Waals surface area contributed by atoms with Gasteiger partial charge in [0.2, 0.25) is 0 Å². The van der Waals surface area contributed by atoms with Crippen LogP contribution in [0, 0.1) is 11.8 Å². The van der Waals surface area contributed by atoms with Crippen LogP contribution in [-0.4, -0.2) is 18.6 Å². The van der Waals surface area contributed by atoms with Gasteiger partial charge in [-0.05, 0) is 30.4 Å². The largest absolute Gasteiger partial charge is 0.359 e. The van der Waals surface area contributed by atoms with Crippen LogP contribution in [0.1, 0.15) is 13.3 Å². The fourth-order valence-electron chi connectivity index (χ4n) is 1.69. The summed E-state index contributed by atoms with van der Waals surface area (Å²) in [5.41, 5.74) is 0. The maximum Gasteiger partial charge on any atom is 0.128 e. The predicted octanol–water partition coefficient (Wildman–Crippen LogP) is 2.83. The van der Waals surface area contributed by atoms with Crippen LogP contribution in [0.15, 0.2) is 18.3 Å². The third-order valence-corrected chi connectivity index (χ3v) is 3.11. The van der Waals surface area contributed by atoms with E-state index in [-0.39, 0.29) is 0 Å². The van der Waals surface area contributed by atoms with E-state index in [1.807, 2.05) is 12.1 Å². The highest BCUT2D eigenvalue weighted by Crippen LogP contribution is 2.38. The maximum atomic E-state index is 5.78. The van der Waals surface area contributed by atoms with Crippen molar-refractivity contribution < 1.29 is 0 Å². The van der Waals surface area contributed by atoms with E-state index in [9.17, 15) is 0 Å². The van der Waals surface area contributed by atoms with Gasteiger partial charge in [0.25, 0.3) is 0 Å². The summed E-state index contributed by atoms with van der Waals surface area (Å²) in [6, 6.07) is 3.85. The van der Waals surface area contributed by atoms with Crippen molar-refractivity contribution in [3.63, 3.8) is 0 Å². The number of rotatable bonds is 3. The first-order chi connectivity index (χ1) is 6.66. The van der Waals surface area contributed by atoms with E-state index >= 15 is 0 Å². The molecule has 0 radical (unpaired) electrons. The van der Waals surface area contributed by atoms with Gasteiger partial charge in [-0.2, -0.15) is 0 Å². The zero-order valence-electron chi connectivity index (χ0n) is 8.57. The van der Waals surface area contributed by atoms with Crippen LogP contribution in [-0.2, 0) is 0 Å². The van der Waals surface area contributed by atoms with Gasteiger partial charge in [-0.25, -0.2) is 4.98 Å². The normalized spacial score (nSPS) is 24.8. The Morgan fingerprint density at radius 1 is 1.57 bits per heavy atom. The van der Waals surface area contributed by atoms with E-state index in [2.05, 4.69) is 23.9 Å². The lowest BCUT2D eigenvalue weighted by atomic mass is 10.3. The van der Waals surface area contributed by atoms with Gasteiger partial charge in [0.1, 0.15) is 5.82 Å². The Labute approximate surface area is 89.9 Å². The number of aromatic nitrogens is 1. The van der Waals surface area contributed by atoms with Crippen LogP contribution < -0.4 is 4.90 Å². The van der Waals surface area contributed by atoms with Crippen molar-refractivity contribution in [2.24, 2.45) is 11.8 Å². The van der Waals surface area contributed by atoms with Crippen molar-refractivity contribution >= 4 is 17.4 Å². The summed E-state index contributed by atoms with van der Waals surface area (Å²) in [7, 11) is 2.08. The molecule has 1 aliphatic carbocycles. The highest BCUT2D eigenvalue weighted by atomic mass is 35.5. The molecular formula is C11H15ClN2. The second-order valence-electron chi connectivity index (χ2n) is 4.19. The van der Waals surface area contributed by atoms with Crippen molar-refractivity contribution in [2.75, 3.05) is 18.5 Å². The second kappa shape index (κ2) is 3.77. The molecule has 2 rings (SSSR count). The predicted molar refractivity (Wildman–Crippen MR) is 59.8 cm³/mol. The molecular weight excluding hydrogens is 196 g/mol. The Balaban J connectivity index is 1.96. The molecule has 1 aromatic rings. The van der Waals surface area contributed by atoms with Crippen molar-refractivity contribution in [2.45, 2.75) is 13.3 Å². The molecule has 3 heteroatoms. The zero-order valence-corrected chi connectivity index (χ0v) is 9.33. The first-order valence-electron chi connectivity index (χ1n) is 4.99. The number of nitrogens with zero attached hydrogens (tertiary/aromatic N) is 2. The molecule has 1 saturated carbocycles. The fourth-order valence-corrected chi connectivity index (χ4v) is 1.80. The molecule has 1 heterocycles. The summed E-state index contributed by atoms with van der Waals surface area (Å²) in [6.07, 6.45) is 3.06. The SMILES string of the molecule is CC1CC1CN(C)c1ccc(Cl)cn1. The molecule has 2 atom stereocenters. The topological polar surface area (TPSA) is 16.1 Å². The minimum absolute atomic E-state index is 0.696. The molecule has 0 bridgehead atoms. The third kappa shape index (κ3) is 2.18. The van der Waals surface area contributed by atoms with Crippen LogP contribution in [0.2, 0.25) is 5.02 Å². The van der Waals surface area contributed by atoms with E-state index in [1.165, 1.54) is 6.42 Å². The van der Waals surface area contributed by atoms with Crippen molar-refractivity contribution in [3.8, 4) is 0 Å². The molecule has 1 fully saturated rings. The van der Waals surface area contributed by atoms with Gasteiger partial charge in [0.05, 0.1) is 5.02 Å². The number of halogens is 1. The lowest BCUT2D eigenvalue weighted by Gasteiger charge is -2.17. The van der Waals surface area contributed by atoms with Gasteiger partial charge in [0, 0.05) is 19.8 Å². The van der Waals surface area contributed by atoms with Gasteiger partial charge in [-0.1, -0.05) is 18.5 Å². The molecule has 1 aromatic heterocycles. The molecule has 0 amide bonds. The Morgan fingerprint density at radius 2 is 2.29 bits per heavy atom. The molecule has 14 heavy (non-hydrogen) atoms. The minimum Gasteiger partial charge on any atom is -0.359 e. The summed E-state index contributed by atoms with van der Waals surface area (Å²) >= 11 is 5.78. The van der Waals surface area contributed by atoms with E-state index in [0.717, 1.165) is 24.2 Å². The minimum atomic E-state index is 0.696. The zero-order chi connectivity index (χ0) is 10.1. The summed E-state index contributed by atoms with van der Waals surface area (Å²) in [5.74, 6) is 2.76. The molecule has 0 N–H and O–H groups in total. The number of anilines is 1. The fraction of sp³-hybridized carbons (Fsp3) is 0.545. The molecule has 0 aromatic carbocycles. The average Bonchev–Trinajstić information content (AvgIpc) is 2.82. The van der Waals surface area contributed by atoms with Gasteiger partial charge in [0.15, 0.2) is 0 Å². The number of hydrogen-bond acceptors (Lipinski definition) is 2. The number of pyridine rings is 1. The molecule has 2 nitrogen and oxygen atoms in total. The van der Waals surface area contributed by atoms with Crippen LogP contribution in [0.3, 0.4) is 0 Å². The Kier molecular flexibility index (Phi) is 2.64. The van der Waals surface area contributed by atoms with Gasteiger partial charge >= 0.3 is 0 Å². The maximum absolute atomic E-state index is 5.78. The van der Waals surface area contributed by atoms with Crippen LogP contribution in [0.25, 0.3) is 0 Å². The van der Waals surface area contributed by atoms with Crippen LogP contribution >= 0.6 is 11.6 Å². The van der Waals surface area contributed by atoms with Crippen molar-refractivity contribution in [3.05, 3.63) is 23.4 Å². The molecule has 0 spiro atoms. The standard InChI is InChI=1S/C11H15ClN2/c1-8-5-9(8)7-14(2)11-4-3-10(12)6-13-11/h3-4,6,8-9H,5,7H2,1-2H3. The first kappa shape index (κ1) is 9.78. The van der Waals surface area contributed by atoms with Crippen molar-refractivity contribution in [1.82, 2.24) is 4.98 Å². The quantitative estimate of drug-likeness (QED) is 0.763. The van der Waals surface area contributed by atoms with Gasteiger partial charge in [-0.3, -0.25) is 0 Å². The highest BCUT2D eigenvalue weighted by molar-refractivity contribution is 6.30. The highest BCUT2D eigenvalue weighted by Gasteiger charge is 2.33. The lowest BCUT2D eigenvalue weighted by Crippen LogP contribution is -2.21. The summed E-state index contributed by atoms with van der Waals surface area (Å²) in [4.78, 5) is 6.48. The van der Waals surface area contributed by atoms with Crippen LogP contribution in [0.5, 0.6) is 0 Å². The van der Waals surface area contributed by atoms with E-state index in [0.29, 0.717) is 5.02 Å². The van der Waals surface area contributed by atoms with E-state index < -0.39 is 0 Å². The summed E-state index contributed by atoms with van der Waals surface area (Å²) < 4.78 is 0. The van der Waals surface area contributed by atoms with Gasteiger partial charge in [-0.15, -0.1) is 0 Å². The number of hydrogen-bond donors (Lipinski definition) is 0. The van der Waals surface area contributed by atoms with E-state index in [4.69, 9.17) is 11.6 Å². The third-order valence-electron chi connectivity index (χ3n) is 2.89. The molecule has 0 saturated heterocycles. The lowest BCUT2D eigenvalue weighted by molar-refractivity contribution is 0.719. The Bertz CT molecular complexity index is 310. The smallest absolute Gasteiger partial charge is 0.128 e. The molecule has 1 aliphatic rings. The first-order valence-corrected chi connectivity index (χ1v) is 5.37. The van der Waals surface area contributed by atoms with Gasteiger partial charge < -0.3 is 4.90 Å². The van der Waals surface area contributed by atoms with Crippen molar-refractivity contribution in [1.29, 1.82) is 0 Å². The Hall–Kier alpha value is -0.760. The summed E-state index contributed by atoms with van der Waals surface area (Å²) in [6.45, 7) is 3.41. The molecule has 76 valence electrons. The second-order valence-corrected chi connectivity index (χ2v) is 4.62. The molecule has 0 aliphatic heterocycles. The molecule has 2 unspecified atom stereocenters. The van der Waals surface area contributed by atoms with Crippen LogP contribution in [0.4, 0.5) is 5.82 Å². The summed E-state index contributed by atoms with van der Waals surface area (Å²) in [5, 5.41) is 0.696. The average molecular weight is 211 g/mol. The van der Waals surface area contributed by atoms with E-state index in [1.54, 1.807) is 6.20 Å². The Morgan fingerprint density at radius 3 is 2.79 bits per heavy atom.